The first-order chi connectivity index (χ1) is 15.7. The van der Waals surface area contributed by atoms with Gasteiger partial charge in [0.25, 0.3) is 0 Å². The third-order valence-corrected chi connectivity index (χ3v) is 6.09. The van der Waals surface area contributed by atoms with Crippen LogP contribution in [0.15, 0.2) is 24.4 Å². The van der Waals surface area contributed by atoms with Crippen molar-refractivity contribution < 1.29 is 14.3 Å². The molecule has 1 aromatic heterocycles. The molecule has 2 N–H and O–H groups in total. The van der Waals surface area contributed by atoms with E-state index < -0.39 is 6.04 Å². The van der Waals surface area contributed by atoms with Gasteiger partial charge in [-0.15, -0.1) is 0 Å². The number of benzene rings is 1. The Labute approximate surface area is 200 Å². The molecule has 0 radical (unpaired) electrons. The number of piperazine rings is 1. The molecule has 178 valence electrons. The van der Waals surface area contributed by atoms with Crippen molar-refractivity contribution in [3.63, 3.8) is 0 Å². The van der Waals surface area contributed by atoms with Gasteiger partial charge in [-0.2, -0.15) is 5.10 Å². The van der Waals surface area contributed by atoms with Gasteiger partial charge in [-0.05, 0) is 64.0 Å². The fraction of sp³-hybridized carbons (Fsp3) is 0.478. The Balaban J connectivity index is 1.60. The summed E-state index contributed by atoms with van der Waals surface area (Å²) in [7, 11) is 0. The van der Waals surface area contributed by atoms with Gasteiger partial charge in [0.15, 0.2) is 5.11 Å². The second-order valence-electron chi connectivity index (χ2n) is 8.12. The van der Waals surface area contributed by atoms with Gasteiger partial charge in [0.1, 0.15) is 6.04 Å². The quantitative estimate of drug-likeness (QED) is 0.644. The summed E-state index contributed by atoms with van der Waals surface area (Å²) in [6.45, 7) is 11.8. The van der Waals surface area contributed by atoms with Gasteiger partial charge in [-0.1, -0.05) is 12.1 Å². The highest BCUT2D eigenvalue weighted by Crippen LogP contribution is 2.21. The molecule has 0 aliphatic carbocycles. The lowest BCUT2D eigenvalue weighted by molar-refractivity contribution is -0.136. The van der Waals surface area contributed by atoms with E-state index in [2.05, 4.69) is 28.7 Å². The summed E-state index contributed by atoms with van der Waals surface area (Å²) in [5.74, 6) is -0.0383. The molecule has 1 aliphatic rings. The summed E-state index contributed by atoms with van der Waals surface area (Å²) < 4.78 is 6.69. The minimum Gasteiger partial charge on any atom is -0.450 e. The van der Waals surface area contributed by atoms with E-state index in [1.807, 2.05) is 32.9 Å². The first kappa shape index (κ1) is 24.5. The molecule has 1 aliphatic heterocycles. The highest BCUT2D eigenvalue weighted by molar-refractivity contribution is 7.80. The average molecular weight is 473 g/mol. The summed E-state index contributed by atoms with van der Waals surface area (Å²) in [5, 5.41) is 11.4. The average Bonchev–Trinajstić information content (AvgIpc) is 3.16. The second kappa shape index (κ2) is 10.7. The molecule has 33 heavy (non-hydrogen) atoms. The maximum atomic E-state index is 13.0. The zero-order chi connectivity index (χ0) is 24.1. The number of ether oxygens (including phenoxy) is 1. The van der Waals surface area contributed by atoms with Gasteiger partial charge in [0, 0.05) is 38.1 Å². The maximum Gasteiger partial charge on any atom is 0.409 e. The van der Waals surface area contributed by atoms with Crippen molar-refractivity contribution in [3.05, 3.63) is 41.2 Å². The topological polar surface area (TPSA) is 91.7 Å². The minimum absolute atomic E-state index is 0.0383. The van der Waals surface area contributed by atoms with Crippen LogP contribution in [-0.4, -0.2) is 69.5 Å². The standard InChI is InChI=1S/C23H32N6O3S/c1-6-32-23(31)28-12-10-27(11-13-28)21(30)18(5)29-14-20(17(4)26-29)25-22(33)24-19-9-7-8-15(2)16(19)3/h7-9,14,18H,6,10-13H2,1-5H3,(H2,24,25,33). The lowest BCUT2D eigenvalue weighted by atomic mass is 10.1. The van der Waals surface area contributed by atoms with E-state index in [0.29, 0.717) is 37.9 Å². The molecule has 1 unspecified atom stereocenters. The molecule has 1 atom stereocenters. The monoisotopic (exact) mass is 472 g/mol. The molecule has 3 rings (SSSR count). The molecule has 1 aromatic carbocycles. The third-order valence-electron chi connectivity index (χ3n) is 5.89. The van der Waals surface area contributed by atoms with Gasteiger partial charge >= 0.3 is 6.09 Å². The number of thiocarbonyl (C=S) groups is 1. The van der Waals surface area contributed by atoms with Gasteiger partial charge in [-0.3, -0.25) is 9.48 Å². The molecule has 2 heterocycles. The zero-order valence-electron chi connectivity index (χ0n) is 19.8. The number of hydrogen-bond donors (Lipinski definition) is 2. The number of anilines is 2. The normalized spacial score (nSPS) is 14.6. The van der Waals surface area contributed by atoms with Crippen molar-refractivity contribution in [1.29, 1.82) is 0 Å². The molecule has 0 saturated carbocycles. The summed E-state index contributed by atoms with van der Waals surface area (Å²) >= 11 is 5.48. The summed E-state index contributed by atoms with van der Waals surface area (Å²) in [4.78, 5) is 28.3. The highest BCUT2D eigenvalue weighted by atomic mass is 32.1. The van der Waals surface area contributed by atoms with E-state index in [4.69, 9.17) is 17.0 Å². The maximum absolute atomic E-state index is 13.0. The number of nitrogens with zero attached hydrogens (tertiary/aromatic N) is 4. The largest absolute Gasteiger partial charge is 0.450 e. The van der Waals surface area contributed by atoms with E-state index in [1.54, 1.807) is 27.6 Å². The summed E-state index contributed by atoms with van der Waals surface area (Å²) in [5.41, 5.74) is 4.75. The first-order valence-corrected chi connectivity index (χ1v) is 11.5. The van der Waals surface area contributed by atoms with Crippen LogP contribution in [0.25, 0.3) is 0 Å². The number of rotatable bonds is 5. The van der Waals surface area contributed by atoms with Gasteiger partial charge < -0.3 is 25.2 Å². The Bertz CT molecular complexity index is 1030. The molecular formula is C23H32N6O3S. The van der Waals surface area contributed by atoms with Gasteiger partial charge in [0.2, 0.25) is 5.91 Å². The van der Waals surface area contributed by atoms with Crippen molar-refractivity contribution in [2.45, 2.75) is 40.7 Å². The van der Waals surface area contributed by atoms with Crippen molar-refractivity contribution in [1.82, 2.24) is 19.6 Å². The smallest absolute Gasteiger partial charge is 0.409 e. The van der Waals surface area contributed by atoms with Crippen LogP contribution in [0.5, 0.6) is 0 Å². The molecule has 10 heteroatoms. The zero-order valence-corrected chi connectivity index (χ0v) is 20.7. The molecule has 9 nitrogen and oxygen atoms in total. The Morgan fingerprint density at radius 1 is 1.09 bits per heavy atom. The summed E-state index contributed by atoms with van der Waals surface area (Å²) in [6, 6.07) is 5.54. The van der Waals surface area contributed by atoms with Gasteiger partial charge in [-0.25, -0.2) is 4.79 Å². The third kappa shape index (κ3) is 5.81. The first-order valence-electron chi connectivity index (χ1n) is 11.1. The van der Waals surface area contributed by atoms with Crippen LogP contribution in [0.2, 0.25) is 0 Å². The molecule has 1 fully saturated rings. The summed E-state index contributed by atoms with van der Waals surface area (Å²) in [6.07, 6.45) is 1.46. The SMILES string of the molecule is CCOC(=O)N1CCN(C(=O)C(C)n2cc(NC(=S)Nc3cccc(C)c3C)c(C)n2)CC1. The van der Waals surface area contributed by atoms with E-state index in [0.717, 1.165) is 22.6 Å². The van der Waals surface area contributed by atoms with Crippen LogP contribution in [0.4, 0.5) is 16.2 Å². The van der Waals surface area contributed by atoms with Crippen LogP contribution < -0.4 is 10.6 Å². The highest BCUT2D eigenvalue weighted by Gasteiger charge is 2.29. The van der Waals surface area contributed by atoms with E-state index >= 15 is 0 Å². The number of nitrogens with one attached hydrogen (secondary N) is 2. The van der Waals surface area contributed by atoms with Crippen molar-refractivity contribution in [2.24, 2.45) is 0 Å². The van der Waals surface area contributed by atoms with E-state index in [-0.39, 0.29) is 12.0 Å². The lowest BCUT2D eigenvalue weighted by Crippen LogP contribution is -2.52. The van der Waals surface area contributed by atoms with Crippen LogP contribution in [0.1, 0.15) is 36.7 Å². The van der Waals surface area contributed by atoms with E-state index in [9.17, 15) is 9.59 Å². The fourth-order valence-electron chi connectivity index (χ4n) is 3.67. The molecule has 2 aromatic rings. The Morgan fingerprint density at radius 2 is 1.73 bits per heavy atom. The number of aromatic nitrogens is 2. The van der Waals surface area contributed by atoms with Gasteiger partial charge in [0.05, 0.1) is 18.0 Å². The molecule has 2 amide bonds. The molecule has 1 saturated heterocycles. The van der Waals surface area contributed by atoms with E-state index in [1.165, 1.54) is 5.56 Å². The molecule has 0 spiro atoms. The van der Waals surface area contributed by atoms with Crippen molar-refractivity contribution in [3.8, 4) is 0 Å². The number of carbonyl (C=O) groups excluding carboxylic acids is 2. The molecule has 0 bridgehead atoms. The minimum atomic E-state index is -0.478. The van der Waals surface area contributed by atoms with Crippen LogP contribution >= 0.6 is 12.2 Å². The fourth-order valence-corrected chi connectivity index (χ4v) is 3.89. The van der Waals surface area contributed by atoms with Crippen LogP contribution in [-0.2, 0) is 9.53 Å². The Kier molecular flexibility index (Phi) is 7.91. The Hall–Kier alpha value is -3.14. The molecular weight excluding hydrogens is 440 g/mol. The van der Waals surface area contributed by atoms with Crippen molar-refractivity contribution >= 4 is 40.7 Å². The van der Waals surface area contributed by atoms with Crippen molar-refractivity contribution in [2.75, 3.05) is 43.4 Å². The second-order valence-corrected chi connectivity index (χ2v) is 8.53. The number of hydrogen-bond acceptors (Lipinski definition) is 5. The number of carbonyl (C=O) groups is 2. The Morgan fingerprint density at radius 3 is 2.39 bits per heavy atom. The lowest BCUT2D eigenvalue weighted by Gasteiger charge is -2.35. The predicted molar refractivity (Wildman–Crippen MR) is 133 cm³/mol. The number of aryl methyl sites for hydroxylation is 2. The predicted octanol–water partition coefficient (Wildman–Crippen LogP) is 3.48. The van der Waals surface area contributed by atoms with Crippen LogP contribution in [0.3, 0.4) is 0 Å². The van der Waals surface area contributed by atoms with Crippen LogP contribution in [0, 0.1) is 20.8 Å². The number of amides is 2.